The van der Waals surface area contributed by atoms with Crippen molar-refractivity contribution in [1.29, 1.82) is 0 Å². The van der Waals surface area contributed by atoms with Gasteiger partial charge < -0.3 is 10.0 Å². The average molecular weight is 303 g/mol. The van der Waals surface area contributed by atoms with Crippen LogP contribution in [0.3, 0.4) is 0 Å². The molecule has 1 amide bonds. The van der Waals surface area contributed by atoms with Crippen LogP contribution in [0, 0.1) is 5.82 Å². The summed E-state index contributed by atoms with van der Waals surface area (Å²) in [7, 11) is 3.35. The number of benzene rings is 1. The minimum Gasteiger partial charge on any atom is -0.395 e. The van der Waals surface area contributed by atoms with Gasteiger partial charge in [0.1, 0.15) is 5.82 Å². The Morgan fingerprint density at radius 2 is 2.10 bits per heavy atom. The van der Waals surface area contributed by atoms with Crippen LogP contribution in [0.1, 0.15) is 12.5 Å². The number of rotatable bonds is 6. The number of aliphatic hydroxyl groups is 1. The second-order valence-electron chi connectivity index (χ2n) is 4.90. The fraction of sp³-hybridized carbons (Fsp3) is 0.500. The van der Waals surface area contributed by atoms with Crippen LogP contribution >= 0.6 is 11.6 Å². The molecule has 4 nitrogen and oxygen atoms in total. The number of carbonyl (C=O) groups excluding carboxylic acids is 1. The smallest absolute Gasteiger partial charge is 0.236 e. The van der Waals surface area contributed by atoms with E-state index >= 15 is 0 Å². The lowest BCUT2D eigenvalue weighted by Crippen LogP contribution is -2.41. The third-order valence-electron chi connectivity index (χ3n) is 3.28. The molecular weight excluding hydrogens is 283 g/mol. The summed E-state index contributed by atoms with van der Waals surface area (Å²) < 4.78 is 13.7. The highest BCUT2D eigenvalue weighted by Gasteiger charge is 2.17. The lowest BCUT2D eigenvalue weighted by atomic mass is 10.2. The minimum atomic E-state index is -0.422. The van der Waals surface area contributed by atoms with Gasteiger partial charge in [0.15, 0.2) is 0 Å². The standard InChI is InChI=1S/C14H20ClFN2O2/c1-10(9-19)17(2)8-14(20)18(3)7-11-12(15)5-4-6-13(11)16/h4-6,10,19H,7-9H2,1-3H3. The molecule has 112 valence electrons. The Labute approximate surface area is 123 Å². The van der Waals surface area contributed by atoms with Gasteiger partial charge >= 0.3 is 0 Å². The zero-order valence-electron chi connectivity index (χ0n) is 11.9. The third-order valence-corrected chi connectivity index (χ3v) is 3.64. The van der Waals surface area contributed by atoms with Crippen molar-refractivity contribution in [1.82, 2.24) is 9.80 Å². The van der Waals surface area contributed by atoms with Gasteiger partial charge in [0, 0.05) is 30.2 Å². The van der Waals surface area contributed by atoms with E-state index in [9.17, 15) is 9.18 Å². The molecule has 0 radical (unpaired) electrons. The molecule has 0 aliphatic rings. The Hall–Kier alpha value is -1.17. The molecule has 20 heavy (non-hydrogen) atoms. The Kier molecular flexibility index (Phi) is 6.39. The van der Waals surface area contributed by atoms with Crippen molar-refractivity contribution in [2.75, 3.05) is 27.2 Å². The van der Waals surface area contributed by atoms with Crippen molar-refractivity contribution in [2.24, 2.45) is 0 Å². The number of aliphatic hydroxyl groups excluding tert-OH is 1. The van der Waals surface area contributed by atoms with Gasteiger partial charge in [-0.3, -0.25) is 9.69 Å². The highest BCUT2D eigenvalue weighted by atomic mass is 35.5. The van der Waals surface area contributed by atoms with E-state index in [0.29, 0.717) is 10.6 Å². The van der Waals surface area contributed by atoms with E-state index in [4.69, 9.17) is 16.7 Å². The predicted molar refractivity (Wildman–Crippen MR) is 77.1 cm³/mol. The van der Waals surface area contributed by atoms with Gasteiger partial charge in [-0.15, -0.1) is 0 Å². The largest absolute Gasteiger partial charge is 0.395 e. The van der Waals surface area contributed by atoms with E-state index in [1.807, 2.05) is 6.92 Å². The van der Waals surface area contributed by atoms with Gasteiger partial charge in [-0.05, 0) is 26.1 Å². The first-order chi connectivity index (χ1) is 9.36. The second kappa shape index (κ2) is 7.57. The first kappa shape index (κ1) is 16.9. The van der Waals surface area contributed by atoms with Crippen LogP contribution in [0.25, 0.3) is 0 Å². The molecule has 6 heteroatoms. The molecular formula is C14H20ClFN2O2. The van der Waals surface area contributed by atoms with Crippen molar-refractivity contribution in [2.45, 2.75) is 19.5 Å². The van der Waals surface area contributed by atoms with Crippen molar-refractivity contribution in [3.05, 3.63) is 34.6 Å². The van der Waals surface area contributed by atoms with E-state index in [-0.39, 0.29) is 31.6 Å². The van der Waals surface area contributed by atoms with E-state index < -0.39 is 5.82 Å². The number of halogens is 2. The van der Waals surface area contributed by atoms with Gasteiger partial charge in [-0.1, -0.05) is 17.7 Å². The molecule has 1 rings (SSSR count). The first-order valence-electron chi connectivity index (χ1n) is 6.34. The van der Waals surface area contributed by atoms with Crippen molar-refractivity contribution < 1.29 is 14.3 Å². The summed E-state index contributed by atoms with van der Waals surface area (Å²) in [5, 5.41) is 9.34. The summed E-state index contributed by atoms with van der Waals surface area (Å²) in [6.45, 7) is 2.07. The van der Waals surface area contributed by atoms with Gasteiger partial charge in [0.05, 0.1) is 13.2 Å². The SMILES string of the molecule is CC(CO)N(C)CC(=O)N(C)Cc1c(F)cccc1Cl. The van der Waals surface area contributed by atoms with Gasteiger partial charge in [0.25, 0.3) is 0 Å². The molecule has 1 aromatic rings. The highest BCUT2D eigenvalue weighted by molar-refractivity contribution is 6.31. The highest BCUT2D eigenvalue weighted by Crippen LogP contribution is 2.20. The molecule has 0 saturated carbocycles. The summed E-state index contributed by atoms with van der Waals surface area (Å²) in [4.78, 5) is 15.2. The zero-order chi connectivity index (χ0) is 15.3. The molecule has 0 bridgehead atoms. The maximum atomic E-state index is 13.7. The van der Waals surface area contributed by atoms with Gasteiger partial charge in [-0.25, -0.2) is 4.39 Å². The lowest BCUT2D eigenvalue weighted by Gasteiger charge is -2.25. The van der Waals surface area contributed by atoms with Gasteiger partial charge in [-0.2, -0.15) is 0 Å². The molecule has 1 atom stereocenters. The molecule has 1 unspecified atom stereocenters. The normalized spacial score (nSPS) is 12.6. The van der Waals surface area contributed by atoms with Crippen LogP contribution in [0.5, 0.6) is 0 Å². The molecule has 0 aliphatic heterocycles. The van der Waals surface area contributed by atoms with Crippen molar-refractivity contribution in [3.63, 3.8) is 0 Å². The van der Waals surface area contributed by atoms with Gasteiger partial charge in [0.2, 0.25) is 5.91 Å². The Bertz CT molecular complexity index is 450. The third kappa shape index (κ3) is 4.44. The average Bonchev–Trinajstić information content (AvgIpc) is 2.41. The van der Waals surface area contributed by atoms with Crippen LogP contribution in [0.2, 0.25) is 5.02 Å². The van der Waals surface area contributed by atoms with Crippen LogP contribution in [-0.2, 0) is 11.3 Å². The summed E-state index contributed by atoms with van der Waals surface area (Å²) in [5.74, 6) is -0.582. The van der Waals surface area contributed by atoms with Crippen LogP contribution in [-0.4, -0.2) is 54.1 Å². The summed E-state index contributed by atoms with van der Waals surface area (Å²) in [6, 6.07) is 4.33. The molecule has 0 spiro atoms. The fourth-order valence-corrected chi connectivity index (χ4v) is 1.86. The Morgan fingerprint density at radius 1 is 1.45 bits per heavy atom. The van der Waals surface area contributed by atoms with E-state index in [1.54, 1.807) is 25.1 Å². The number of likely N-dealkylation sites (N-methyl/N-ethyl adjacent to an activating group) is 2. The summed E-state index contributed by atoms with van der Waals surface area (Å²) >= 11 is 5.94. The molecule has 0 aromatic heterocycles. The quantitative estimate of drug-likeness (QED) is 0.871. The first-order valence-corrected chi connectivity index (χ1v) is 6.72. The molecule has 1 N–H and O–H groups in total. The molecule has 1 aromatic carbocycles. The second-order valence-corrected chi connectivity index (χ2v) is 5.30. The minimum absolute atomic E-state index is 0.0212. The predicted octanol–water partition coefficient (Wildman–Crippen LogP) is 1.75. The zero-order valence-corrected chi connectivity index (χ0v) is 12.7. The number of amides is 1. The maximum Gasteiger partial charge on any atom is 0.236 e. The number of carbonyl (C=O) groups is 1. The van der Waals surface area contributed by atoms with Crippen LogP contribution in [0.4, 0.5) is 4.39 Å². The maximum absolute atomic E-state index is 13.7. The Balaban J connectivity index is 2.67. The van der Waals surface area contributed by atoms with E-state index in [2.05, 4.69) is 0 Å². The number of nitrogens with zero attached hydrogens (tertiary/aromatic N) is 2. The fourth-order valence-electron chi connectivity index (χ4n) is 1.64. The van der Waals surface area contributed by atoms with E-state index in [0.717, 1.165) is 0 Å². The molecule has 0 aliphatic carbocycles. The lowest BCUT2D eigenvalue weighted by molar-refractivity contribution is -0.131. The number of hydrogen-bond acceptors (Lipinski definition) is 3. The van der Waals surface area contributed by atoms with Crippen LogP contribution < -0.4 is 0 Å². The van der Waals surface area contributed by atoms with E-state index in [1.165, 1.54) is 17.0 Å². The molecule has 0 heterocycles. The summed E-state index contributed by atoms with van der Waals surface area (Å²) in [6.07, 6.45) is 0. The van der Waals surface area contributed by atoms with Crippen LogP contribution in [0.15, 0.2) is 18.2 Å². The topological polar surface area (TPSA) is 43.8 Å². The summed E-state index contributed by atoms with van der Waals surface area (Å²) in [5.41, 5.74) is 0.308. The molecule has 0 saturated heterocycles. The monoisotopic (exact) mass is 302 g/mol. The number of hydrogen-bond donors (Lipinski definition) is 1. The molecule has 0 fully saturated rings. The van der Waals surface area contributed by atoms with Crippen molar-refractivity contribution >= 4 is 17.5 Å². The van der Waals surface area contributed by atoms with Crippen molar-refractivity contribution in [3.8, 4) is 0 Å². The Morgan fingerprint density at radius 3 is 2.65 bits per heavy atom.